The first-order valence-electron chi connectivity index (χ1n) is 6.53. The number of benzene rings is 1. The zero-order chi connectivity index (χ0) is 15.3. The smallest absolute Gasteiger partial charge is 0.147 e. The summed E-state index contributed by atoms with van der Waals surface area (Å²) in [6.45, 7) is 2.90. The van der Waals surface area contributed by atoms with Crippen molar-refractivity contribution in [1.29, 1.82) is 0 Å². The quantitative estimate of drug-likeness (QED) is 0.710. The van der Waals surface area contributed by atoms with Gasteiger partial charge >= 0.3 is 0 Å². The SMILES string of the molecule is CC(c1ccc(Cl)cc1Cl)N(C)CCCCS(C)(=O)=O. The van der Waals surface area contributed by atoms with Crippen molar-refractivity contribution in [3.8, 4) is 0 Å². The summed E-state index contributed by atoms with van der Waals surface area (Å²) >= 11 is 12.1. The number of hydrogen-bond acceptors (Lipinski definition) is 3. The predicted molar refractivity (Wildman–Crippen MR) is 86.5 cm³/mol. The van der Waals surface area contributed by atoms with E-state index in [1.807, 2.05) is 19.2 Å². The lowest BCUT2D eigenvalue weighted by Crippen LogP contribution is -2.24. The summed E-state index contributed by atoms with van der Waals surface area (Å²) in [6, 6.07) is 5.67. The van der Waals surface area contributed by atoms with Gasteiger partial charge in [-0.05, 0) is 51.1 Å². The lowest BCUT2D eigenvalue weighted by molar-refractivity contribution is 0.258. The molecule has 1 unspecified atom stereocenters. The highest BCUT2D eigenvalue weighted by Crippen LogP contribution is 2.29. The molecule has 0 radical (unpaired) electrons. The molecular weight excluding hydrogens is 317 g/mol. The molecule has 1 atom stereocenters. The lowest BCUT2D eigenvalue weighted by atomic mass is 10.1. The molecule has 1 aromatic rings. The number of rotatable bonds is 7. The Morgan fingerprint density at radius 3 is 2.45 bits per heavy atom. The summed E-state index contributed by atoms with van der Waals surface area (Å²) in [6.07, 6.45) is 2.80. The third-order valence-corrected chi connectivity index (χ3v) is 4.94. The zero-order valence-corrected chi connectivity index (χ0v) is 14.4. The topological polar surface area (TPSA) is 37.4 Å². The first-order valence-corrected chi connectivity index (χ1v) is 9.35. The minimum Gasteiger partial charge on any atom is -0.300 e. The van der Waals surface area contributed by atoms with E-state index >= 15 is 0 Å². The second kappa shape index (κ2) is 7.64. The monoisotopic (exact) mass is 337 g/mol. The van der Waals surface area contributed by atoms with Crippen LogP contribution in [-0.2, 0) is 9.84 Å². The van der Waals surface area contributed by atoms with Crippen LogP contribution in [0.5, 0.6) is 0 Å². The van der Waals surface area contributed by atoms with E-state index in [4.69, 9.17) is 23.2 Å². The van der Waals surface area contributed by atoms with Gasteiger partial charge in [-0.2, -0.15) is 0 Å². The highest BCUT2D eigenvalue weighted by atomic mass is 35.5. The van der Waals surface area contributed by atoms with Gasteiger partial charge < -0.3 is 0 Å². The summed E-state index contributed by atoms with van der Waals surface area (Å²) in [4.78, 5) is 2.16. The van der Waals surface area contributed by atoms with Gasteiger partial charge in [-0.1, -0.05) is 29.3 Å². The molecule has 0 saturated heterocycles. The van der Waals surface area contributed by atoms with Crippen LogP contribution in [0.3, 0.4) is 0 Å². The molecule has 0 saturated carbocycles. The van der Waals surface area contributed by atoms with Crippen molar-refractivity contribution in [3.05, 3.63) is 33.8 Å². The summed E-state index contributed by atoms with van der Waals surface area (Å²) < 4.78 is 22.1. The minimum absolute atomic E-state index is 0.165. The van der Waals surface area contributed by atoms with E-state index in [0.29, 0.717) is 16.5 Å². The molecular formula is C14H21Cl2NO2S. The lowest BCUT2D eigenvalue weighted by Gasteiger charge is -2.25. The largest absolute Gasteiger partial charge is 0.300 e. The Labute approximate surface area is 131 Å². The fraction of sp³-hybridized carbons (Fsp3) is 0.571. The standard InChI is InChI=1S/C14H21Cl2NO2S/c1-11(13-7-6-12(15)10-14(13)16)17(2)8-4-5-9-20(3,18)19/h6-7,10-11H,4-5,8-9H2,1-3H3. The fourth-order valence-corrected chi connectivity index (χ4v) is 3.29. The summed E-state index contributed by atoms with van der Waals surface area (Å²) in [7, 11) is -0.850. The Kier molecular flexibility index (Phi) is 6.79. The molecule has 0 heterocycles. The molecule has 0 aliphatic rings. The van der Waals surface area contributed by atoms with Crippen LogP contribution < -0.4 is 0 Å². The molecule has 20 heavy (non-hydrogen) atoms. The molecule has 3 nitrogen and oxygen atoms in total. The number of halogens is 2. The molecule has 0 aromatic heterocycles. The molecule has 114 valence electrons. The first-order chi connectivity index (χ1) is 9.20. The molecule has 0 amide bonds. The maximum Gasteiger partial charge on any atom is 0.147 e. The van der Waals surface area contributed by atoms with Crippen LogP contribution in [0.25, 0.3) is 0 Å². The van der Waals surface area contributed by atoms with Gasteiger partial charge in [0.2, 0.25) is 0 Å². The average molecular weight is 338 g/mol. The van der Waals surface area contributed by atoms with Crippen molar-refractivity contribution in [2.24, 2.45) is 0 Å². The van der Waals surface area contributed by atoms with Crippen molar-refractivity contribution >= 4 is 33.0 Å². The highest BCUT2D eigenvalue weighted by molar-refractivity contribution is 7.90. The second-order valence-corrected chi connectivity index (χ2v) is 8.26. The van der Waals surface area contributed by atoms with Crippen molar-refractivity contribution in [3.63, 3.8) is 0 Å². The van der Waals surface area contributed by atoms with Gasteiger partial charge in [0.1, 0.15) is 9.84 Å². The molecule has 0 aliphatic carbocycles. The number of nitrogens with zero attached hydrogens (tertiary/aromatic N) is 1. The average Bonchev–Trinajstić information content (AvgIpc) is 2.32. The Bertz CT molecular complexity index is 546. The Balaban J connectivity index is 2.52. The van der Waals surface area contributed by atoms with Crippen LogP contribution in [-0.4, -0.2) is 38.9 Å². The molecule has 0 spiro atoms. The van der Waals surface area contributed by atoms with E-state index in [1.54, 1.807) is 6.07 Å². The highest BCUT2D eigenvalue weighted by Gasteiger charge is 2.14. The van der Waals surface area contributed by atoms with Crippen LogP contribution >= 0.6 is 23.2 Å². The number of sulfone groups is 1. The van der Waals surface area contributed by atoms with Gasteiger partial charge in [-0.3, -0.25) is 4.90 Å². The van der Waals surface area contributed by atoms with Gasteiger partial charge in [-0.15, -0.1) is 0 Å². The van der Waals surface area contributed by atoms with E-state index in [9.17, 15) is 8.42 Å². The maximum atomic E-state index is 11.1. The minimum atomic E-state index is -2.86. The third kappa shape index (κ3) is 6.00. The molecule has 6 heteroatoms. The Morgan fingerprint density at radius 2 is 1.90 bits per heavy atom. The molecule has 1 rings (SSSR count). The van der Waals surface area contributed by atoms with Crippen molar-refractivity contribution in [2.45, 2.75) is 25.8 Å². The molecule has 0 N–H and O–H groups in total. The Morgan fingerprint density at radius 1 is 1.25 bits per heavy atom. The molecule has 0 bridgehead atoms. The predicted octanol–water partition coefficient (Wildman–Crippen LogP) is 3.81. The van der Waals surface area contributed by atoms with Gasteiger partial charge in [-0.25, -0.2) is 8.42 Å². The molecule has 0 aliphatic heterocycles. The Hall–Kier alpha value is -0.290. The fourth-order valence-electron chi connectivity index (χ4n) is 2.00. The van der Waals surface area contributed by atoms with E-state index in [0.717, 1.165) is 18.5 Å². The van der Waals surface area contributed by atoms with Crippen LogP contribution in [0.15, 0.2) is 18.2 Å². The van der Waals surface area contributed by atoms with Crippen LogP contribution in [0, 0.1) is 0 Å². The van der Waals surface area contributed by atoms with E-state index in [1.165, 1.54) is 6.26 Å². The van der Waals surface area contributed by atoms with Gasteiger partial charge in [0.25, 0.3) is 0 Å². The second-order valence-electron chi connectivity index (χ2n) is 5.16. The van der Waals surface area contributed by atoms with Crippen molar-refractivity contribution in [2.75, 3.05) is 25.6 Å². The summed E-state index contributed by atoms with van der Waals surface area (Å²) in [5.74, 6) is 0.247. The first kappa shape index (κ1) is 17.8. The van der Waals surface area contributed by atoms with Gasteiger partial charge in [0.05, 0.1) is 0 Å². The normalized spacial score (nSPS) is 13.7. The van der Waals surface area contributed by atoms with Crippen LogP contribution in [0.4, 0.5) is 0 Å². The zero-order valence-electron chi connectivity index (χ0n) is 12.1. The van der Waals surface area contributed by atoms with Gasteiger partial charge in [0.15, 0.2) is 0 Å². The van der Waals surface area contributed by atoms with E-state index < -0.39 is 9.84 Å². The maximum absolute atomic E-state index is 11.1. The van der Waals surface area contributed by atoms with Crippen molar-refractivity contribution < 1.29 is 8.42 Å². The van der Waals surface area contributed by atoms with E-state index in [2.05, 4.69) is 11.8 Å². The number of unbranched alkanes of at least 4 members (excludes halogenated alkanes) is 1. The van der Waals surface area contributed by atoms with Crippen LogP contribution in [0.1, 0.15) is 31.4 Å². The number of hydrogen-bond donors (Lipinski definition) is 0. The van der Waals surface area contributed by atoms with Crippen molar-refractivity contribution in [1.82, 2.24) is 4.90 Å². The summed E-state index contributed by atoms with van der Waals surface area (Å²) in [5.41, 5.74) is 1.03. The summed E-state index contributed by atoms with van der Waals surface area (Å²) in [5, 5.41) is 1.29. The van der Waals surface area contributed by atoms with E-state index in [-0.39, 0.29) is 11.8 Å². The molecule has 1 aromatic carbocycles. The van der Waals surface area contributed by atoms with Crippen LogP contribution in [0.2, 0.25) is 10.0 Å². The molecule has 0 fully saturated rings. The van der Waals surface area contributed by atoms with Gasteiger partial charge in [0, 0.05) is 28.1 Å². The third-order valence-electron chi connectivity index (χ3n) is 3.35.